The third-order valence-corrected chi connectivity index (χ3v) is 4.88. The van der Waals surface area contributed by atoms with Crippen LogP contribution in [0.5, 0.6) is 0 Å². The van der Waals surface area contributed by atoms with Gasteiger partial charge in [-0.25, -0.2) is 4.39 Å². The van der Waals surface area contributed by atoms with Gasteiger partial charge in [0.05, 0.1) is 0 Å². The number of hydrogen-bond donors (Lipinski definition) is 1. The van der Waals surface area contributed by atoms with E-state index in [1.807, 2.05) is 6.07 Å². The van der Waals surface area contributed by atoms with Crippen LogP contribution in [0, 0.1) is 11.7 Å². The van der Waals surface area contributed by atoms with E-state index in [0.29, 0.717) is 6.04 Å². The van der Waals surface area contributed by atoms with Crippen LogP contribution in [0.15, 0.2) is 22.7 Å². The molecule has 2 rings (SSSR count). The SMILES string of the molecule is CCNC(Cc1ccc(F)cc1Br)C1CCCCC1. The van der Waals surface area contributed by atoms with Crippen molar-refractivity contribution in [3.05, 3.63) is 34.1 Å². The minimum Gasteiger partial charge on any atom is -0.314 e. The van der Waals surface area contributed by atoms with Crippen LogP contribution >= 0.6 is 15.9 Å². The number of halogens is 2. The van der Waals surface area contributed by atoms with Crippen molar-refractivity contribution >= 4 is 15.9 Å². The normalized spacial score (nSPS) is 18.5. The third kappa shape index (κ3) is 4.28. The van der Waals surface area contributed by atoms with E-state index in [1.54, 1.807) is 12.1 Å². The van der Waals surface area contributed by atoms with E-state index >= 15 is 0 Å². The third-order valence-electron chi connectivity index (χ3n) is 4.14. The van der Waals surface area contributed by atoms with E-state index in [4.69, 9.17) is 0 Å². The Kier molecular flexibility index (Phi) is 5.83. The van der Waals surface area contributed by atoms with E-state index in [9.17, 15) is 4.39 Å². The van der Waals surface area contributed by atoms with Gasteiger partial charge in [0.15, 0.2) is 0 Å². The van der Waals surface area contributed by atoms with Crippen molar-refractivity contribution in [3.8, 4) is 0 Å². The summed E-state index contributed by atoms with van der Waals surface area (Å²) in [7, 11) is 0. The average molecular weight is 328 g/mol. The highest BCUT2D eigenvalue weighted by Crippen LogP contribution is 2.29. The lowest BCUT2D eigenvalue weighted by Crippen LogP contribution is -2.39. The standard InChI is InChI=1S/C16H23BrFN/c1-2-19-16(12-6-4-3-5-7-12)10-13-8-9-14(18)11-15(13)17/h8-9,11-12,16,19H,2-7,10H2,1H3. The van der Waals surface area contributed by atoms with Crippen molar-refractivity contribution in [1.82, 2.24) is 5.32 Å². The minimum atomic E-state index is -0.173. The molecule has 0 aliphatic heterocycles. The predicted molar refractivity (Wildman–Crippen MR) is 81.8 cm³/mol. The molecule has 3 heteroatoms. The maximum atomic E-state index is 13.1. The summed E-state index contributed by atoms with van der Waals surface area (Å²) in [5, 5.41) is 3.63. The van der Waals surface area contributed by atoms with Gasteiger partial charge in [-0.05, 0) is 49.4 Å². The second-order valence-electron chi connectivity index (χ2n) is 5.50. The molecule has 0 amide bonds. The number of benzene rings is 1. The Hall–Kier alpha value is -0.410. The molecule has 106 valence electrons. The summed E-state index contributed by atoms with van der Waals surface area (Å²) in [6, 6.07) is 5.56. The van der Waals surface area contributed by atoms with Gasteiger partial charge < -0.3 is 5.32 Å². The lowest BCUT2D eigenvalue weighted by atomic mass is 9.81. The van der Waals surface area contributed by atoms with Crippen molar-refractivity contribution in [2.24, 2.45) is 5.92 Å². The fourth-order valence-corrected chi connectivity index (χ4v) is 3.64. The Labute approximate surface area is 124 Å². The maximum absolute atomic E-state index is 13.1. The number of likely N-dealkylation sites (N-methyl/N-ethyl adjacent to an activating group) is 1. The fraction of sp³-hybridized carbons (Fsp3) is 0.625. The molecule has 1 N–H and O–H groups in total. The van der Waals surface area contributed by atoms with Crippen LogP contribution in [-0.4, -0.2) is 12.6 Å². The summed E-state index contributed by atoms with van der Waals surface area (Å²) >= 11 is 3.48. The molecule has 19 heavy (non-hydrogen) atoms. The van der Waals surface area contributed by atoms with Crippen LogP contribution in [-0.2, 0) is 6.42 Å². The summed E-state index contributed by atoms with van der Waals surface area (Å²) in [4.78, 5) is 0. The largest absolute Gasteiger partial charge is 0.314 e. The number of rotatable bonds is 5. The van der Waals surface area contributed by atoms with E-state index in [2.05, 4.69) is 28.2 Å². The van der Waals surface area contributed by atoms with Gasteiger partial charge in [-0.1, -0.05) is 48.2 Å². The zero-order valence-corrected chi connectivity index (χ0v) is 13.2. The molecule has 1 saturated carbocycles. The Morgan fingerprint density at radius 3 is 2.68 bits per heavy atom. The van der Waals surface area contributed by atoms with E-state index < -0.39 is 0 Å². The molecule has 1 aromatic rings. The Morgan fingerprint density at radius 2 is 2.05 bits per heavy atom. The average Bonchev–Trinajstić information content (AvgIpc) is 2.42. The Bertz CT molecular complexity index is 402. The van der Waals surface area contributed by atoms with Crippen LogP contribution < -0.4 is 5.32 Å². The van der Waals surface area contributed by atoms with E-state index in [0.717, 1.165) is 23.4 Å². The van der Waals surface area contributed by atoms with Crippen molar-refractivity contribution < 1.29 is 4.39 Å². The lowest BCUT2D eigenvalue weighted by Gasteiger charge is -2.31. The molecule has 1 aliphatic carbocycles. The number of hydrogen-bond acceptors (Lipinski definition) is 1. The van der Waals surface area contributed by atoms with Gasteiger partial charge in [0.25, 0.3) is 0 Å². The molecule has 0 saturated heterocycles. The van der Waals surface area contributed by atoms with Gasteiger partial charge in [-0.15, -0.1) is 0 Å². The zero-order valence-electron chi connectivity index (χ0n) is 11.6. The smallest absolute Gasteiger partial charge is 0.124 e. The van der Waals surface area contributed by atoms with Gasteiger partial charge >= 0.3 is 0 Å². The molecule has 0 aromatic heterocycles. The second-order valence-corrected chi connectivity index (χ2v) is 6.36. The molecule has 0 bridgehead atoms. The highest BCUT2D eigenvalue weighted by atomic mass is 79.9. The first-order valence-electron chi connectivity index (χ1n) is 7.38. The summed E-state index contributed by atoms with van der Waals surface area (Å²) in [5.41, 5.74) is 1.21. The monoisotopic (exact) mass is 327 g/mol. The molecular formula is C16H23BrFN. The van der Waals surface area contributed by atoms with Crippen molar-refractivity contribution in [2.75, 3.05) is 6.54 Å². The van der Waals surface area contributed by atoms with Crippen LogP contribution in [0.3, 0.4) is 0 Å². The Morgan fingerprint density at radius 1 is 1.32 bits per heavy atom. The van der Waals surface area contributed by atoms with Crippen LogP contribution in [0.1, 0.15) is 44.6 Å². The van der Waals surface area contributed by atoms with E-state index in [-0.39, 0.29) is 5.82 Å². The van der Waals surface area contributed by atoms with Gasteiger partial charge in [-0.2, -0.15) is 0 Å². The first-order chi connectivity index (χ1) is 9.20. The molecule has 1 aromatic carbocycles. The Balaban J connectivity index is 2.06. The van der Waals surface area contributed by atoms with Crippen molar-refractivity contribution in [2.45, 2.75) is 51.5 Å². The van der Waals surface area contributed by atoms with Gasteiger partial charge in [0.1, 0.15) is 5.82 Å². The van der Waals surface area contributed by atoms with Crippen molar-refractivity contribution in [1.29, 1.82) is 0 Å². The molecule has 1 fully saturated rings. The quantitative estimate of drug-likeness (QED) is 0.827. The molecule has 1 aliphatic rings. The van der Waals surface area contributed by atoms with Gasteiger partial charge in [0.2, 0.25) is 0 Å². The molecule has 0 heterocycles. The van der Waals surface area contributed by atoms with Crippen LogP contribution in [0.4, 0.5) is 4.39 Å². The molecule has 1 atom stereocenters. The topological polar surface area (TPSA) is 12.0 Å². The summed E-state index contributed by atoms with van der Waals surface area (Å²) in [5.74, 6) is 0.596. The maximum Gasteiger partial charge on any atom is 0.124 e. The van der Waals surface area contributed by atoms with Crippen molar-refractivity contribution in [3.63, 3.8) is 0 Å². The summed E-state index contributed by atoms with van der Waals surface area (Å²) < 4.78 is 14.0. The van der Waals surface area contributed by atoms with Gasteiger partial charge in [0, 0.05) is 10.5 Å². The zero-order chi connectivity index (χ0) is 13.7. The molecule has 1 unspecified atom stereocenters. The highest BCUT2D eigenvalue weighted by Gasteiger charge is 2.23. The first kappa shape index (κ1) is 15.0. The fourth-order valence-electron chi connectivity index (χ4n) is 3.13. The van der Waals surface area contributed by atoms with Crippen LogP contribution in [0.2, 0.25) is 0 Å². The summed E-state index contributed by atoms with van der Waals surface area (Å²) in [6.45, 7) is 3.16. The molecule has 1 nitrogen and oxygen atoms in total. The molecular weight excluding hydrogens is 305 g/mol. The minimum absolute atomic E-state index is 0.173. The molecule has 0 radical (unpaired) electrons. The lowest BCUT2D eigenvalue weighted by molar-refractivity contribution is 0.269. The predicted octanol–water partition coefficient (Wildman–Crippen LogP) is 4.69. The van der Waals surface area contributed by atoms with Gasteiger partial charge in [-0.3, -0.25) is 0 Å². The first-order valence-corrected chi connectivity index (χ1v) is 8.17. The second kappa shape index (κ2) is 7.39. The van der Waals surface area contributed by atoms with E-state index in [1.165, 1.54) is 37.7 Å². The summed E-state index contributed by atoms with van der Waals surface area (Å²) in [6.07, 6.45) is 7.75. The number of nitrogens with one attached hydrogen (secondary N) is 1. The van der Waals surface area contributed by atoms with Crippen LogP contribution in [0.25, 0.3) is 0 Å². The highest BCUT2D eigenvalue weighted by molar-refractivity contribution is 9.10. The molecule has 0 spiro atoms.